The van der Waals surface area contributed by atoms with Gasteiger partial charge in [-0.1, -0.05) is 13.3 Å². The van der Waals surface area contributed by atoms with Gasteiger partial charge < -0.3 is 4.43 Å². The minimum Gasteiger partial charge on any atom is -0.414 e. The van der Waals surface area contributed by atoms with Crippen LogP contribution in [0.1, 0.15) is 33.6 Å². The van der Waals surface area contributed by atoms with E-state index in [4.69, 9.17) is 4.43 Å². The minimum absolute atomic E-state index is 0.346. The fraction of sp³-hybridized carbons (Fsp3) is 1.00. The van der Waals surface area contributed by atoms with Crippen LogP contribution in [-0.2, 0) is 4.43 Å². The van der Waals surface area contributed by atoms with E-state index >= 15 is 0 Å². The summed E-state index contributed by atoms with van der Waals surface area (Å²) < 4.78 is 5.91. The Kier molecular flexibility index (Phi) is 5.53. The van der Waals surface area contributed by atoms with E-state index in [9.17, 15) is 0 Å². The molecule has 74 valence electrons. The van der Waals surface area contributed by atoms with Crippen molar-refractivity contribution < 1.29 is 4.43 Å². The molecule has 0 spiro atoms. The Labute approximate surface area is 83.4 Å². The second-order valence-electron chi connectivity index (χ2n) is 4.07. The van der Waals surface area contributed by atoms with Gasteiger partial charge in [-0.2, -0.15) is 12.6 Å². The zero-order valence-corrected chi connectivity index (χ0v) is 10.8. The summed E-state index contributed by atoms with van der Waals surface area (Å²) in [7, 11) is -1.53. The molecule has 12 heavy (non-hydrogen) atoms. The average Bonchev–Trinajstić information content (AvgIpc) is 1.85. The third-order valence-corrected chi connectivity index (χ3v) is 7.00. The molecule has 0 bridgehead atoms. The van der Waals surface area contributed by atoms with Crippen molar-refractivity contribution in [3.05, 3.63) is 0 Å². The van der Waals surface area contributed by atoms with E-state index in [0.717, 1.165) is 0 Å². The molecule has 0 aromatic heterocycles. The van der Waals surface area contributed by atoms with Crippen molar-refractivity contribution in [1.82, 2.24) is 0 Å². The summed E-state index contributed by atoms with van der Waals surface area (Å²) in [4.78, 5) is 0.477. The van der Waals surface area contributed by atoms with E-state index in [0.29, 0.717) is 11.0 Å². The molecule has 0 N–H and O–H groups in total. The van der Waals surface area contributed by atoms with Crippen LogP contribution in [0, 0.1) is 0 Å². The van der Waals surface area contributed by atoms with Crippen molar-refractivity contribution in [2.24, 2.45) is 0 Å². The lowest BCUT2D eigenvalue weighted by atomic mass is 10.4. The monoisotopic (exact) mass is 206 g/mol. The van der Waals surface area contributed by atoms with Gasteiger partial charge in [0, 0.05) is 11.0 Å². The van der Waals surface area contributed by atoms with Gasteiger partial charge in [0.05, 0.1) is 0 Å². The molecular formula is C9H22OSSi. The molecule has 3 heteroatoms. The number of hydrogen-bond donors (Lipinski definition) is 1. The van der Waals surface area contributed by atoms with Crippen LogP contribution in [0.5, 0.6) is 0 Å². The van der Waals surface area contributed by atoms with E-state index in [1.807, 2.05) is 0 Å². The zero-order chi connectivity index (χ0) is 9.78. The zero-order valence-electron chi connectivity index (χ0n) is 8.92. The summed E-state index contributed by atoms with van der Waals surface area (Å²) in [5.41, 5.74) is 0. The molecule has 0 aromatic rings. The maximum atomic E-state index is 5.91. The van der Waals surface area contributed by atoms with E-state index in [1.165, 1.54) is 12.8 Å². The van der Waals surface area contributed by atoms with Crippen LogP contribution in [0.15, 0.2) is 0 Å². The van der Waals surface area contributed by atoms with Crippen LogP contribution in [0.25, 0.3) is 0 Å². The molecule has 0 saturated carbocycles. The molecule has 0 aliphatic rings. The van der Waals surface area contributed by atoms with Gasteiger partial charge in [-0.3, -0.25) is 0 Å². The van der Waals surface area contributed by atoms with Gasteiger partial charge in [-0.15, -0.1) is 0 Å². The molecule has 1 unspecified atom stereocenters. The highest BCUT2D eigenvalue weighted by Gasteiger charge is 2.31. The van der Waals surface area contributed by atoms with Crippen LogP contribution in [0.3, 0.4) is 0 Å². The molecule has 0 saturated heterocycles. The number of hydrogen-bond acceptors (Lipinski definition) is 2. The molecule has 0 aromatic carbocycles. The van der Waals surface area contributed by atoms with E-state index in [2.05, 4.69) is 46.5 Å². The minimum atomic E-state index is -1.53. The summed E-state index contributed by atoms with van der Waals surface area (Å²) in [6.45, 7) is 10.9. The number of rotatable bonds is 5. The van der Waals surface area contributed by atoms with Crippen LogP contribution in [0.4, 0.5) is 0 Å². The summed E-state index contributed by atoms with van der Waals surface area (Å²) in [6.07, 6.45) is 2.72. The van der Waals surface area contributed by atoms with Gasteiger partial charge in [0.1, 0.15) is 0 Å². The van der Waals surface area contributed by atoms with Crippen molar-refractivity contribution in [2.75, 3.05) is 0 Å². The maximum Gasteiger partial charge on any atom is 0.199 e. The molecule has 0 radical (unpaired) electrons. The quantitative estimate of drug-likeness (QED) is 0.537. The Morgan fingerprint density at radius 3 is 2.17 bits per heavy atom. The van der Waals surface area contributed by atoms with Crippen molar-refractivity contribution in [3.8, 4) is 0 Å². The lowest BCUT2D eigenvalue weighted by Gasteiger charge is -2.30. The Balaban J connectivity index is 3.99. The third kappa shape index (κ3) is 4.53. The highest BCUT2D eigenvalue weighted by molar-refractivity contribution is 7.83. The van der Waals surface area contributed by atoms with Crippen LogP contribution in [0.2, 0.25) is 13.1 Å². The first-order valence-electron chi connectivity index (χ1n) is 4.76. The molecule has 0 aliphatic heterocycles. The fourth-order valence-electron chi connectivity index (χ4n) is 1.31. The van der Waals surface area contributed by atoms with Crippen molar-refractivity contribution in [2.45, 2.75) is 57.7 Å². The molecule has 1 atom stereocenters. The van der Waals surface area contributed by atoms with Crippen LogP contribution >= 0.6 is 12.6 Å². The second kappa shape index (κ2) is 5.30. The second-order valence-corrected chi connectivity index (χ2v) is 9.32. The summed E-state index contributed by atoms with van der Waals surface area (Å²) >= 11 is 4.60. The standard InChI is InChI=1S/C9H22OSSi/c1-6-7-9(11)12(4,5)10-8(2)3/h8-9,11H,6-7H2,1-5H3. The smallest absolute Gasteiger partial charge is 0.199 e. The van der Waals surface area contributed by atoms with Gasteiger partial charge >= 0.3 is 0 Å². The Morgan fingerprint density at radius 2 is 1.83 bits per heavy atom. The highest BCUT2D eigenvalue weighted by Crippen LogP contribution is 2.21. The summed E-state index contributed by atoms with van der Waals surface area (Å²) in [5.74, 6) is 0. The first kappa shape index (κ1) is 12.5. The molecule has 0 heterocycles. The predicted molar refractivity (Wildman–Crippen MR) is 61.4 cm³/mol. The normalized spacial score (nSPS) is 15.2. The third-order valence-electron chi connectivity index (χ3n) is 1.90. The first-order valence-corrected chi connectivity index (χ1v) is 8.26. The van der Waals surface area contributed by atoms with Gasteiger partial charge in [-0.05, 0) is 33.4 Å². The van der Waals surface area contributed by atoms with Crippen LogP contribution < -0.4 is 0 Å². The molecule has 0 aliphatic carbocycles. The largest absolute Gasteiger partial charge is 0.414 e. The molecule has 0 fully saturated rings. The average molecular weight is 206 g/mol. The van der Waals surface area contributed by atoms with Crippen molar-refractivity contribution >= 4 is 20.9 Å². The molecule has 1 nitrogen and oxygen atoms in total. The van der Waals surface area contributed by atoms with Gasteiger partial charge in [0.2, 0.25) is 0 Å². The highest BCUT2D eigenvalue weighted by atomic mass is 32.1. The number of thiol groups is 1. The SMILES string of the molecule is CCCC(S)[Si](C)(C)OC(C)C. The van der Waals surface area contributed by atoms with Gasteiger partial charge in [0.15, 0.2) is 8.32 Å². The van der Waals surface area contributed by atoms with E-state index < -0.39 is 8.32 Å². The molecule has 0 amide bonds. The van der Waals surface area contributed by atoms with Crippen molar-refractivity contribution in [1.29, 1.82) is 0 Å². The predicted octanol–water partition coefficient (Wildman–Crippen LogP) is 3.25. The van der Waals surface area contributed by atoms with Crippen LogP contribution in [-0.4, -0.2) is 19.3 Å². The Bertz CT molecular complexity index is 126. The van der Waals surface area contributed by atoms with Crippen molar-refractivity contribution in [3.63, 3.8) is 0 Å². The van der Waals surface area contributed by atoms with E-state index in [-0.39, 0.29) is 0 Å². The lowest BCUT2D eigenvalue weighted by Crippen LogP contribution is -2.43. The Morgan fingerprint density at radius 1 is 1.33 bits per heavy atom. The molecular weight excluding hydrogens is 184 g/mol. The van der Waals surface area contributed by atoms with E-state index in [1.54, 1.807) is 0 Å². The maximum absolute atomic E-state index is 5.91. The lowest BCUT2D eigenvalue weighted by molar-refractivity contribution is 0.229. The summed E-state index contributed by atoms with van der Waals surface area (Å²) in [6, 6.07) is 0. The topological polar surface area (TPSA) is 9.23 Å². The van der Waals surface area contributed by atoms with Gasteiger partial charge in [-0.25, -0.2) is 0 Å². The Hall–Kier alpha value is 0.527. The van der Waals surface area contributed by atoms with Gasteiger partial charge in [0.25, 0.3) is 0 Å². The molecule has 0 rings (SSSR count). The fourth-order valence-corrected chi connectivity index (χ4v) is 4.10. The first-order chi connectivity index (χ1) is 5.40. The summed E-state index contributed by atoms with van der Waals surface area (Å²) in [5, 5.41) is 0.